The molecule has 9 heteroatoms. The first-order valence-electron chi connectivity index (χ1n) is 8.84. The zero-order chi connectivity index (χ0) is 19.4. The van der Waals surface area contributed by atoms with Crippen molar-refractivity contribution in [1.82, 2.24) is 4.90 Å². The molecule has 3 rings (SSSR count). The summed E-state index contributed by atoms with van der Waals surface area (Å²) in [6.07, 6.45) is -1.18. The number of aliphatic carboxylic acids is 1. The number of hydrogen-bond donors (Lipinski definition) is 2. The molecule has 9 nitrogen and oxygen atoms in total. The number of fused-ring (bicyclic) bond motifs is 1. The molecule has 146 valence electrons. The second kappa shape index (κ2) is 8.26. The molecule has 2 N–H and O–H groups in total. The summed E-state index contributed by atoms with van der Waals surface area (Å²) in [4.78, 5) is 37.2. The average Bonchev–Trinajstić information content (AvgIpc) is 3.16. The quantitative estimate of drug-likeness (QED) is 0.755. The largest absolute Gasteiger partial charge is 0.486 e. The number of rotatable bonds is 6. The summed E-state index contributed by atoms with van der Waals surface area (Å²) in [6.45, 7) is 2.84. The highest BCUT2D eigenvalue weighted by atomic mass is 16.6. The molecule has 0 saturated carbocycles. The zero-order valence-electron chi connectivity index (χ0n) is 15.0. The summed E-state index contributed by atoms with van der Waals surface area (Å²) in [6, 6.07) is 5.08. The fourth-order valence-corrected chi connectivity index (χ4v) is 3.04. The molecule has 1 fully saturated rings. The monoisotopic (exact) mass is 378 g/mol. The molecular weight excluding hydrogens is 356 g/mol. The van der Waals surface area contributed by atoms with Crippen LogP contribution in [0.5, 0.6) is 11.5 Å². The highest BCUT2D eigenvalue weighted by Gasteiger charge is 2.36. The van der Waals surface area contributed by atoms with Gasteiger partial charge in [0.05, 0.1) is 6.54 Å². The van der Waals surface area contributed by atoms with E-state index < -0.39 is 18.2 Å². The lowest BCUT2D eigenvalue weighted by atomic mass is 10.2. The number of carbonyl (C=O) groups is 3. The van der Waals surface area contributed by atoms with Crippen LogP contribution in [0, 0.1) is 0 Å². The van der Waals surface area contributed by atoms with E-state index in [1.54, 1.807) is 25.1 Å². The molecule has 2 aliphatic heterocycles. The van der Waals surface area contributed by atoms with Crippen molar-refractivity contribution >= 4 is 23.5 Å². The Balaban J connectivity index is 1.57. The molecule has 2 atom stereocenters. The van der Waals surface area contributed by atoms with Crippen LogP contribution in [-0.2, 0) is 19.1 Å². The van der Waals surface area contributed by atoms with E-state index in [9.17, 15) is 14.4 Å². The lowest BCUT2D eigenvalue weighted by Crippen LogP contribution is -2.43. The average molecular weight is 378 g/mol. The van der Waals surface area contributed by atoms with E-state index in [1.807, 2.05) is 0 Å². The van der Waals surface area contributed by atoms with Crippen molar-refractivity contribution in [3.63, 3.8) is 0 Å². The molecule has 0 aromatic heterocycles. The molecule has 1 aromatic carbocycles. The van der Waals surface area contributed by atoms with Crippen LogP contribution < -0.4 is 14.8 Å². The van der Waals surface area contributed by atoms with E-state index in [0.29, 0.717) is 43.4 Å². The third-order valence-corrected chi connectivity index (χ3v) is 4.42. The number of benzene rings is 1. The third kappa shape index (κ3) is 4.48. The minimum Gasteiger partial charge on any atom is -0.486 e. The van der Waals surface area contributed by atoms with Crippen LogP contribution in [-0.4, -0.2) is 66.3 Å². The van der Waals surface area contributed by atoms with Crippen molar-refractivity contribution in [2.45, 2.75) is 32.0 Å². The summed E-state index contributed by atoms with van der Waals surface area (Å²) in [5.74, 6) is -0.643. The standard InChI is InChI=1S/C18H22N2O7/c1-2-20(17(22)13-5-6-14(27-13)18(23)24)10-16(21)19-11-3-4-12-15(9-11)26-8-7-25-12/h3-4,9,13-14H,2,5-8,10H2,1H3,(H,19,21)(H,23,24)/t13-,14+/m0/s1. The van der Waals surface area contributed by atoms with Crippen LogP contribution in [0.25, 0.3) is 0 Å². The number of carbonyl (C=O) groups excluding carboxylic acids is 2. The van der Waals surface area contributed by atoms with Crippen molar-refractivity contribution in [2.24, 2.45) is 0 Å². The summed E-state index contributed by atoms with van der Waals surface area (Å²) >= 11 is 0. The summed E-state index contributed by atoms with van der Waals surface area (Å²) < 4.78 is 16.2. The first kappa shape index (κ1) is 19.0. The Labute approximate surface area is 156 Å². The van der Waals surface area contributed by atoms with E-state index in [2.05, 4.69) is 5.32 Å². The zero-order valence-corrected chi connectivity index (χ0v) is 15.0. The lowest BCUT2D eigenvalue weighted by Gasteiger charge is -2.24. The Morgan fingerprint density at radius 2 is 1.85 bits per heavy atom. The predicted octanol–water partition coefficient (Wildman–Crippen LogP) is 0.877. The molecule has 1 saturated heterocycles. The molecule has 0 unspecified atom stereocenters. The number of nitrogens with one attached hydrogen (secondary N) is 1. The van der Waals surface area contributed by atoms with Crippen LogP contribution in [0.4, 0.5) is 5.69 Å². The van der Waals surface area contributed by atoms with Crippen LogP contribution in [0.3, 0.4) is 0 Å². The number of carboxylic acid groups (broad SMARTS) is 1. The van der Waals surface area contributed by atoms with Crippen LogP contribution in [0.1, 0.15) is 19.8 Å². The minimum atomic E-state index is -1.08. The minimum absolute atomic E-state index is 0.151. The van der Waals surface area contributed by atoms with Gasteiger partial charge in [-0.3, -0.25) is 9.59 Å². The third-order valence-electron chi connectivity index (χ3n) is 4.42. The van der Waals surface area contributed by atoms with Crippen molar-refractivity contribution in [3.8, 4) is 11.5 Å². The van der Waals surface area contributed by atoms with Gasteiger partial charge in [-0.05, 0) is 31.9 Å². The van der Waals surface area contributed by atoms with Gasteiger partial charge < -0.3 is 29.5 Å². The summed E-state index contributed by atoms with van der Waals surface area (Å²) in [5, 5.41) is 11.7. The Bertz CT molecular complexity index is 736. The number of amides is 2. The molecule has 0 bridgehead atoms. The number of nitrogens with zero attached hydrogens (tertiary/aromatic N) is 1. The normalized spacial score (nSPS) is 20.8. The smallest absolute Gasteiger partial charge is 0.332 e. The van der Waals surface area contributed by atoms with E-state index >= 15 is 0 Å². The molecule has 0 radical (unpaired) electrons. The van der Waals surface area contributed by atoms with Crippen molar-refractivity contribution in [2.75, 3.05) is 31.6 Å². The van der Waals surface area contributed by atoms with Crippen molar-refractivity contribution < 1.29 is 33.7 Å². The molecule has 0 aliphatic carbocycles. The number of likely N-dealkylation sites (N-methyl/N-ethyl adjacent to an activating group) is 1. The maximum atomic E-state index is 12.5. The SMILES string of the molecule is CCN(CC(=O)Nc1ccc2c(c1)OCCO2)C(=O)[C@@H]1CC[C@H](C(=O)O)O1. The number of hydrogen-bond acceptors (Lipinski definition) is 6. The number of anilines is 1. The van der Waals surface area contributed by atoms with Gasteiger partial charge in [0, 0.05) is 18.3 Å². The Morgan fingerprint density at radius 1 is 1.15 bits per heavy atom. The van der Waals surface area contributed by atoms with Gasteiger partial charge in [-0.2, -0.15) is 0 Å². The van der Waals surface area contributed by atoms with Gasteiger partial charge in [-0.15, -0.1) is 0 Å². The van der Waals surface area contributed by atoms with Gasteiger partial charge >= 0.3 is 5.97 Å². The second-order valence-electron chi connectivity index (χ2n) is 6.29. The first-order chi connectivity index (χ1) is 13.0. The Morgan fingerprint density at radius 3 is 2.52 bits per heavy atom. The molecule has 2 amide bonds. The van der Waals surface area contributed by atoms with Gasteiger partial charge in [0.2, 0.25) is 5.91 Å². The van der Waals surface area contributed by atoms with Gasteiger partial charge in [0.25, 0.3) is 5.91 Å². The number of carboxylic acids is 1. The van der Waals surface area contributed by atoms with Crippen molar-refractivity contribution in [3.05, 3.63) is 18.2 Å². The summed E-state index contributed by atoms with van der Waals surface area (Å²) in [5.41, 5.74) is 0.538. The highest BCUT2D eigenvalue weighted by molar-refractivity contribution is 5.95. The van der Waals surface area contributed by atoms with Gasteiger partial charge in [-0.1, -0.05) is 0 Å². The fourth-order valence-electron chi connectivity index (χ4n) is 3.04. The van der Waals surface area contributed by atoms with Crippen molar-refractivity contribution in [1.29, 1.82) is 0 Å². The van der Waals surface area contributed by atoms with Gasteiger partial charge in [0.15, 0.2) is 17.6 Å². The molecule has 2 heterocycles. The molecule has 1 aromatic rings. The van der Waals surface area contributed by atoms with E-state index in [0.717, 1.165) is 0 Å². The predicted molar refractivity (Wildman–Crippen MR) is 93.8 cm³/mol. The Hall–Kier alpha value is -2.81. The number of ether oxygens (including phenoxy) is 3. The topological polar surface area (TPSA) is 114 Å². The highest BCUT2D eigenvalue weighted by Crippen LogP contribution is 2.32. The Kier molecular flexibility index (Phi) is 5.80. The first-order valence-corrected chi connectivity index (χ1v) is 8.84. The molecule has 2 aliphatic rings. The molecular formula is C18H22N2O7. The van der Waals surface area contributed by atoms with Crippen LogP contribution in [0.2, 0.25) is 0 Å². The van der Waals surface area contributed by atoms with Crippen LogP contribution >= 0.6 is 0 Å². The molecule has 0 spiro atoms. The van der Waals surface area contributed by atoms with E-state index in [-0.39, 0.29) is 24.8 Å². The van der Waals surface area contributed by atoms with E-state index in [4.69, 9.17) is 19.3 Å². The fraction of sp³-hybridized carbons (Fsp3) is 0.500. The maximum Gasteiger partial charge on any atom is 0.332 e. The second-order valence-corrected chi connectivity index (χ2v) is 6.29. The lowest BCUT2D eigenvalue weighted by molar-refractivity contribution is -0.155. The molecule has 27 heavy (non-hydrogen) atoms. The van der Waals surface area contributed by atoms with Crippen LogP contribution in [0.15, 0.2) is 18.2 Å². The van der Waals surface area contributed by atoms with Gasteiger partial charge in [0.1, 0.15) is 19.3 Å². The van der Waals surface area contributed by atoms with Gasteiger partial charge in [-0.25, -0.2) is 4.79 Å². The van der Waals surface area contributed by atoms with E-state index in [1.165, 1.54) is 4.90 Å². The maximum absolute atomic E-state index is 12.5. The summed E-state index contributed by atoms with van der Waals surface area (Å²) in [7, 11) is 0.